The SMILES string of the molecule is CC(=O)N1CCc2cc(S(=O)(=O)NC(=O)C3(c4cccc(Cl)c4)CC3)ccc21. The van der Waals surface area contributed by atoms with Gasteiger partial charge >= 0.3 is 0 Å². The van der Waals surface area contributed by atoms with Crippen molar-refractivity contribution in [3.63, 3.8) is 0 Å². The summed E-state index contributed by atoms with van der Waals surface area (Å²) in [7, 11) is -4.02. The predicted octanol–water partition coefficient (Wildman–Crippen LogP) is 2.79. The maximum atomic E-state index is 12.8. The lowest BCUT2D eigenvalue weighted by atomic mass is 9.95. The summed E-state index contributed by atoms with van der Waals surface area (Å²) in [4.78, 5) is 26.1. The first-order valence-electron chi connectivity index (χ1n) is 8.97. The van der Waals surface area contributed by atoms with Gasteiger partial charge in [-0.15, -0.1) is 0 Å². The number of nitrogens with one attached hydrogen (secondary N) is 1. The number of fused-ring (bicyclic) bond motifs is 1. The molecule has 2 aromatic rings. The highest BCUT2D eigenvalue weighted by atomic mass is 35.5. The molecule has 1 heterocycles. The van der Waals surface area contributed by atoms with Gasteiger partial charge in [0.05, 0.1) is 10.3 Å². The summed E-state index contributed by atoms with van der Waals surface area (Å²) in [5, 5.41) is 0.507. The molecule has 2 aliphatic rings. The average Bonchev–Trinajstić information content (AvgIpc) is 3.34. The molecule has 6 nitrogen and oxygen atoms in total. The molecule has 1 aliphatic heterocycles. The minimum atomic E-state index is -4.02. The summed E-state index contributed by atoms with van der Waals surface area (Å²) in [6, 6.07) is 11.5. The molecule has 2 amide bonds. The van der Waals surface area contributed by atoms with Crippen molar-refractivity contribution in [1.29, 1.82) is 0 Å². The Hall–Kier alpha value is -2.38. The van der Waals surface area contributed by atoms with E-state index in [1.165, 1.54) is 19.1 Å². The Morgan fingerprint density at radius 1 is 1.14 bits per heavy atom. The molecule has 0 atom stereocenters. The highest BCUT2D eigenvalue weighted by molar-refractivity contribution is 7.90. The largest absolute Gasteiger partial charge is 0.312 e. The van der Waals surface area contributed by atoms with Crippen LogP contribution in [-0.4, -0.2) is 26.8 Å². The van der Waals surface area contributed by atoms with Gasteiger partial charge in [-0.25, -0.2) is 13.1 Å². The molecule has 8 heteroatoms. The van der Waals surface area contributed by atoms with Crippen LogP contribution >= 0.6 is 11.6 Å². The van der Waals surface area contributed by atoms with E-state index < -0.39 is 21.3 Å². The summed E-state index contributed by atoms with van der Waals surface area (Å²) in [6.07, 6.45) is 1.73. The normalized spacial score (nSPS) is 17.1. The zero-order valence-electron chi connectivity index (χ0n) is 15.2. The van der Waals surface area contributed by atoms with Crippen LogP contribution in [0.4, 0.5) is 5.69 Å². The topological polar surface area (TPSA) is 83.6 Å². The molecule has 2 aromatic carbocycles. The molecule has 1 aliphatic carbocycles. The van der Waals surface area contributed by atoms with Crippen LogP contribution in [0, 0.1) is 0 Å². The number of anilines is 1. The van der Waals surface area contributed by atoms with Crippen molar-refractivity contribution in [1.82, 2.24) is 4.72 Å². The van der Waals surface area contributed by atoms with Crippen LogP contribution in [0.5, 0.6) is 0 Å². The number of sulfonamides is 1. The summed E-state index contributed by atoms with van der Waals surface area (Å²) in [5.74, 6) is -0.625. The molecule has 0 bridgehead atoms. The Morgan fingerprint density at radius 3 is 2.54 bits per heavy atom. The van der Waals surface area contributed by atoms with Gasteiger partial charge in [-0.2, -0.15) is 0 Å². The minimum absolute atomic E-state index is 0.0203. The fraction of sp³-hybridized carbons (Fsp3) is 0.300. The Morgan fingerprint density at radius 2 is 1.89 bits per heavy atom. The van der Waals surface area contributed by atoms with Crippen molar-refractivity contribution in [2.75, 3.05) is 11.4 Å². The highest BCUT2D eigenvalue weighted by Crippen LogP contribution is 2.49. The third-order valence-corrected chi connectivity index (χ3v) is 6.99. The number of hydrogen-bond donors (Lipinski definition) is 1. The number of nitrogens with zero attached hydrogens (tertiary/aromatic N) is 1. The summed E-state index contributed by atoms with van der Waals surface area (Å²) < 4.78 is 27.8. The van der Waals surface area contributed by atoms with E-state index in [1.54, 1.807) is 35.2 Å². The van der Waals surface area contributed by atoms with Crippen LogP contribution in [0.15, 0.2) is 47.4 Å². The lowest BCUT2D eigenvalue weighted by Crippen LogP contribution is -2.38. The first-order valence-corrected chi connectivity index (χ1v) is 10.8. The molecular formula is C20H19ClN2O4S. The van der Waals surface area contributed by atoms with Crippen molar-refractivity contribution in [3.05, 3.63) is 58.6 Å². The van der Waals surface area contributed by atoms with E-state index in [4.69, 9.17) is 11.6 Å². The Labute approximate surface area is 168 Å². The summed E-state index contributed by atoms with van der Waals surface area (Å²) >= 11 is 6.02. The van der Waals surface area contributed by atoms with Crippen LogP contribution in [0.2, 0.25) is 5.02 Å². The first-order chi connectivity index (χ1) is 13.2. The number of hydrogen-bond acceptors (Lipinski definition) is 4. The van der Waals surface area contributed by atoms with Gasteiger partial charge in [0.25, 0.3) is 10.0 Å². The molecular weight excluding hydrogens is 400 g/mol. The van der Waals surface area contributed by atoms with Gasteiger partial charge in [-0.3, -0.25) is 9.59 Å². The van der Waals surface area contributed by atoms with Crippen LogP contribution in [0.1, 0.15) is 30.9 Å². The van der Waals surface area contributed by atoms with Gasteiger partial charge in [0.1, 0.15) is 0 Å². The van der Waals surface area contributed by atoms with Crippen molar-refractivity contribution >= 4 is 39.1 Å². The van der Waals surface area contributed by atoms with Gasteiger partial charge < -0.3 is 4.90 Å². The standard InChI is InChI=1S/C20H19ClN2O4S/c1-13(24)23-10-7-14-11-17(5-6-18(14)23)28(26,27)22-19(25)20(8-9-20)15-3-2-4-16(21)12-15/h2-6,11-12H,7-10H2,1H3,(H,22,25). The molecule has 0 aromatic heterocycles. The van der Waals surface area contributed by atoms with Crippen molar-refractivity contribution in [2.24, 2.45) is 0 Å². The second kappa shape index (κ2) is 6.60. The van der Waals surface area contributed by atoms with Crippen molar-refractivity contribution in [3.8, 4) is 0 Å². The minimum Gasteiger partial charge on any atom is -0.312 e. The van der Waals surface area contributed by atoms with Crippen LogP contribution < -0.4 is 9.62 Å². The van der Waals surface area contributed by atoms with E-state index >= 15 is 0 Å². The molecule has 0 unspecified atom stereocenters. The highest BCUT2D eigenvalue weighted by Gasteiger charge is 2.52. The quantitative estimate of drug-likeness (QED) is 0.827. The van der Waals surface area contributed by atoms with Gasteiger partial charge in [0.2, 0.25) is 11.8 Å². The number of halogens is 1. The maximum Gasteiger partial charge on any atom is 0.264 e. The molecule has 0 saturated heterocycles. The second-order valence-corrected chi connectivity index (χ2v) is 9.36. The fourth-order valence-electron chi connectivity index (χ4n) is 3.71. The number of carbonyl (C=O) groups is 2. The second-order valence-electron chi connectivity index (χ2n) is 7.24. The zero-order chi connectivity index (χ0) is 20.1. The predicted molar refractivity (Wildman–Crippen MR) is 106 cm³/mol. The van der Waals surface area contributed by atoms with Crippen LogP contribution in [0.3, 0.4) is 0 Å². The number of rotatable bonds is 4. The number of benzene rings is 2. The van der Waals surface area contributed by atoms with E-state index in [9.17, 15) is 18.0 Å². The molecule has 1 N–H and O–H groups in total. The summed E-state index contributed by atoms with van der Waals surface area (Å²) in [5.41, 5.74) is 1.37. The van der Waals surface area contributed by atoms with Gasteiger partial charge in [0.15, 0.2) is 0 Å². The van der Waals surface area contributed by atoms with Crippen LogP contribution in [0.25, 0.3) is 0 Å². The molecule has 4 rings (SSSR count). The molecule has 146 valence electrons. The Kier molecular flexibility index (Phi) is 4.47. The zero-order valence-corrected chi connectivity index (χ0v) is 16.8. The van der Waals surface area contributed by atoms with Crippen molar-refractivity contribution in [2.45, 2.75) is 36.5 Å². The third kappa shape index (κ3) is 3.18. The van der Waals surface area contributed by atoms with Gasteiger partial charge in [-0.1, -0.05) is 23.7 Å². The number of carbonyl (C=O) groups excluding carboxylic acids is 2. The monoisotopic (exact) mass is 418 g/mol. The van der Waals surface area contributed by atoms with Crippen LogP contribution in [-0.2, 0) is 31.4 Å². The average molecular weight is 419 g/mol. The Balaban J connectivity index is 1.58. The fourth-order valence-corrected chi connectivity index (χ4v) is 5.00. The number of amides is 2. The molecule has 1 fully saturated rings. The van der Waals surface area contributed by atoms with E-state index in [2.05, 4.69) is 4.72 Å². The van der Waals surface area contributed by atoms with E-state index in [0.29, 0.717) is 30.8 Å². The molecule has 1 saturated carbocycles. The van der Waals surface area contributed by atoms with Crippen molar-refractivity contribution < 1.29 is 18.0 Å². The molecule has 28 heavy (non-hydrogen) atoms. The van der Waals surface area contributed by atoms with E-state index in [1.807, 2.05) is 0 Å². The lowest BCUT2D eigenvalue weighted by molar-refractivity contribution is -0.121. The lowest BCUT2D eigenvalue weighted by Gasteiger charge is -2.17. The first kappa shape index (κ1) is 19.0. The summed E-state index contributed by atoms with van der Waals surface area (Å²) in [6.45, 7) is 2.00. The van der Waals surface area contributed by atoms with Gasteiger partial charge in [-0.05, 0) is 60.7 Å². The molecule has 0 radical (unpaired) electrons. The third-order valence-electron chi connectivity index (χ3n) is 5.43. The smallest absolute Gasteiger partial charge is 0.264 e. The Bertz CT molecular complexity index is 1090. The van der Waals surface area contributed by atoms with Gasteiger partial charge in [0, 0.05) is 24.2 Å². The maximum absolute atomic E-state index is 12.8. The molecule has 0 spiro atoms. The van der Waals surface area contributed by atoms with E-state index in [-0.39, 0.29) is 10.8 Å². The van der Waals surface area contributed by atoms with E-state index in [0.717, 1.165) is 16.8 Å².